The molecule has 0 saturated carbocycles. The summed E-state index contributed by atoms with van der Waals surface area (Å²) in [7, 11) is 0. The minimum atomic E-state index is -0.881. The van der Waals surface area contributed by atoms with Gasteiger partial charge in [0.05, 0.1) is 21.7 Å². The zero-order chi connectivity index (χ0) is 15.4. The molecule has 2 N–H and O–H groups in total. The Kier molecular flexibility index (Phi) is 4.32. The van der Waals surface area contributed by atoms with Gasteiger partial charge in [0.25, 0.3) is 0 Å². The molecule has 7 nitrogen and oxygen atoms in total. The van der Waals surface area contributed by atoms with Crippen molar-refractivity contribution in [3.8, 4) is 0 Å². The van der Waals surface area contributed by atoms with Crippen molar-refractivity contribution in [2.24, 2.45) is 5.92 Å². The SMILES string of the molecule is CC(CCNc1ccc2ncccc2c1[N+](=O)[O-])C(=O)O. The highest BCUT2D eigenvalue weighted by Gasteiger charge is 2.19. The van der Waals surface area contributed by atoms with Crippen molar-refractivity contribution < 1.29 is 14.8 Å². The van der Waals surface area contributed by atoms with Gasteiger partial charge in [0.15, 0.2) is 0 Å². The summed E-state index contributed by atoms with van der Waals surface area (Å²) in [5, 5.41) is 23.5. The van der Waals surface area contributed by atoms with E-state index in [1.807, 2.05) is 0 Å². The third kappa shape index (κ3) is 3.25. The number of aromatic nitrogens is 1. The molecule has 1 heterocycles. The number of carboxylic acid groups (broad SMARTS) is 1. The van der Waals surface area contributed by atoms with Crippen molar-refractivity contribution in [3.05, 3.63) is 40.6 Å². The predicted octanol–water partition coefficient (Wildman–Crippen LogP) is 2.67. The van der Waals surface area contributed by atoms with Gasteiger partial charge >= 0.3 is 11.7 Å². The van der Waals surface area contributed by atoms with E-state index in [9.17, 15) is 14.9 Å². The number of fused-ring (bicyclic) bond motifs is 1. The number of carboxylic acids is 1. The molecule has 0 fully saturated rings. The van der Waals surface area contributed by atoms with Gasteiger partial charge in [-0.3, -0.25) is 19.9 Å². The summed E-state index contributed by atoms with van der Waals surface area (Å²) in [5.41, 5.74) is 0.885. The number of nitro benzene ring substituents is 1. The van der Waals surface area contributed by atoms with E-state index in [-0.39, 0.29) is 5.69 Å². The van der Waals surface area contributed by atoms with Crippen LogP contribution in [0.2, 0.25) is 0 Å². The zero-order valence-corrected chi connectivity index (χ0v) is 11.4. The van der Waals surface area contributed by atoms with E-state index in [0.29, 0.717) is 29.6 Å². The summed E-state index contributed by atoms with van der Waals surface area (Å²) in [6.45, 7) is 1.95. The van der Waals surface area contributed by atoms with Crippen molar-refractivity contribution in [1.29, 1.82) is 0 Å². The molecule has 0 saturated heterocycles. The van der Waals surface area contributed by atoms with Crippen LogP contribution in [0.3, 0.4) is 0 Å². The van der Waals surface area contributed by atoms with Crippen LogP contribution in [0.4, 0.5) is 11.4 Å². The highest BCUT2D eigenvalue weighted by Crippen LogP contribution is 2.32. The number of aliphatic carboxylic acids is 1. The Morgan fingerprint density at radius 3 is 2.90 bits per heavy atom. The molecule has 0 amide bonds. The Morgan fingerprint density at radius 2 is 2.24 bits per heavy atom. The number of nitrogens with one attached hydrogen (secondary N) is 1. The average molecular weight is 289 g/mol. The van der Waals surface area contributed by atoms with Gasteiger partial charge in [0.1, 0.15) is 5.69 Å². The molecule has 1 atom stereocenters. The second-order valence-corrected chi connectivity index (χ2v) is 4.74. The van der Waals surface area contributed by atoms with Gasteiger partial charge in [-0.1, -0.05) is 6.92 Å². The van der Waals surface area contributed by atoms with Gasteiger partial charge in [0.2, 0.25) is 0 Å². The fourth-order valence-electron chi connectivity index (χ4n) is 2.02. The normalized spacial score (nSPS) is 12.0. The second-order valence-electron chi connectivity index (χ2n) is 4.74. The number of carbonyl (C=O) groups is 1. The lowest BCUT2D eigenvalue weighted by Gasteiger charge is -2.10. The zero-order valence-electron chi connectivity index (χ0n) is 11.4. The van der Waals surface area contributed by atoms with Crippen molar-refractivity contribution in [3.63, 3.8) is 0 Å². The summed E-state index contributed by atoms with van der Waals surface area (Å²) >= 11 is 0. The van der Waals surface area contributed by atoms with Gasteiger partial charge in [0, 0.05) is 12.7 Å². The summed E-state index contributed by atoms with van der Waals surface area (Å²) in [5.74, 6) is -1.38. The van der Waals surface area contributed by atoms with Crippen LogP contribution in [-0.4, -0.2) is 27.5 Å². The monoisotopic (exact) mass is 289 g/mol. The minimum absolute atomic E-state index is 0.0384. The lowest BCUT2D eigenvalue weighted by molar-refractivity contribution is -0.382. The third-order valence-corrected chi connectivity index (χ3v) is 3.25. The lowest BCUT2D eigenvalue weighted by atomic mass is 10.1. The number of benzene rings is 1. The van der Waals surface area contributed by atoms with Crippen LogP contribution in [0.25, 0.3) is 10.9 Å². The molecule has 0 aliphatic carbocycles. The molecule has 0 aliphatic heterocycles. The fourth-order valence-corrected chi connectivity index (χ4v) is 2.02. The minimum Gasteiger partial charge on any atom is -0.481 e. The van der Waals surface area contributed by atoms with Crippen molar-refractivity contribution >= 4 is 28.2 Å². The Balaban J connectivity index is 2.25. The van der Waals surface area contributed by atoms with Crippen LogP contribution in [-0.2, 0) is 4.79 Å². The van der Waals surface area contributed by atoms with Crippen LogP contribution < -0.4 is 5.32 Å². The molecule has 0 spiro atoms. The largest absolute Gasteiger partial charge is 0.481 e. The first kappa shape index (κ1) is 14.7. The Labute approximate surface area is 120 Å². The highest BCUT2D eigenvalue weighted by atomic mass is 16.6. The molecule has 0 bridgehead atoms. The summed E-state index contributed by atoms with van der Waals surface area (Å²) < 4.78 is 0. The second kappa shape index (κ2) is 6.17. The quantitative estimate of drug-likeness (QED) is 0.625. The maximum absolute atomic E-state index is 11.3. The Bertz CT molecular complexity index is 687. The number of nitro groups is 1. The van der Waals surface area contributed by atoms with Crippen LogP contribution in [0.5, 0.6) is 0 Å². The van der Waals surface area contributed by atoms with Crippen molar-refractivity contribution in [2.45, 2.75) is 13.3 Å². The van der Waals surface area contributed by atoms with Crippen LogP contribution in [0.15, 0.2) is 30.5 Å². The summed E-state index contributed by atoms with van der Waals surface area (Å²) in [4.78, 5) is 25.7. The van der Waals surface area contributed by atoms with Crippen LogP contribution in [0.1, 0.15) is 13.3 Å². The van der Waals surface area contributed by atoms with Crippen molar-refractivity contribution in [1.82, 2.24) is 4.98 Å². The topological polar surface area (TPSA) is 105 Å². The number of rotatable bonds is 6. The number of nitrogens with zero attached hydrogens (tertiary/aromatic N) is 2. The molecule has 0 aliphatic rings. The van der Waals surface area contributed by atoms with E-state index in [4.69, 9.17) is 5.11 Å². The number of hydrogen-bond donors (Lipinski definition) is 2. The Hall–Kier alpha value is -2.70. The summed E-state index contributed by atoms with van der Waals surface area (Å²) in [6, 6.07) is 6.58. The molecule has 1 aromatic heterocycles. The van der Waals surface area contributed by atoms with E-state index in [1.54, 1.807) is 37.4 Å². The number of pyridine rings is 1. The van der Waals surface area contributed by atoms with E-state index in [1.165, 1.54) is 0 Å². The first-order valence-corrected chi connectivity index (χ1v) is 6.49. The fraction of sp³-hybridized carbons (Fsp3) is 0.286. The highest BCUT2D eigenvalue weighted by molar-refractivity contribution is 5.94. The summed E-state index contributed by atoms with van der Waals surface area (Å²) in [6.07, 6.45) is 1.96. The third-order valence-electron chi connectivity index (χ3n) is 3.25. The molecule has 21 heavy (non-hydrogen) atoms. The van der Waals surface area contributed by atoms with Gasteiger partial charge in [-0.2, -0.15) is 0 Å². The van der Waals surface area contributed by atoms with E-state index in [0.717, 1.165) is 0 Å². The van der Waals surface area contributed by atoms with E-state index in [2.05, 4.69) is 10.3 Å². The van der Waals surface area contributed by atoms with Gasteiger partial charge < -0.3 is 10.4 Å². The van der Waals surface area contributed by atoms with E-state index >= 15 is 0 Å². The molecular formula is C14H15N3O4. The lowest BCUT2D eigenvalue weighted by Crippen LogP contribution is -2.15. The first-order chi connectivity index (χ1) is 10.0. The Morgan fingerprint density at radius 1 is 1.48 bits per heavy atom. The van der Waals surface area contributed by atoms with Crippen LogP contribution in [0, 0.1) is 16.0 Å². The molecule has 0 radical (unpaired) electrons. The number of hydrogen-bond acceptors (Lipinski definition) is 5. The van der Waals surface area contributed by atoms with Gasteiger partial charge in [-0.25, -0.2) is 0 Å². The predicted molar refractivity (Wildman–Crippen MR) is 78.3 cm³/mol. The molecule has 2 rings (SSSR count). The maximum Gasteiger partial charge on any atom is 0.306 e. The molecular weight excluding hydrogens is 274 g/mol. The van der Waals surface area contributed by atoms with Crippen LogP contribution >= 0.6 is 0 Å². The molecule has 1 unspecified atom stereocenters. The maximum atomic E-state index is 11.3. The molecule has 2 aromatic rings. The first-order valence-electron chi connectivity index (χ1n) is 6.49. The molecule has 1 aromatic carbocycles. The molecule has 7 heteroatoms. The molecule has 110 valence electrons. The van der Waals surface area contributed by atoms with Gasteiger partial charge in [-0.05, 0) is 30.7 Å². The smallest absolute Gasteiger partial charge is 0.306 e. The number of anilines is 1. The van der Waals surface area contributed by atoms with E-state index < -0.39 is 16.8 Å². The van der Waals surface area contributed by atoms with Crippen molar-refractivity contribution in [2.75, 3.05) is 11.9 Å². The average Bonchev–Trinajstić information content (AvgIpc) is 2.46. The van der Waals surface area contributed by atoms with Gasteiger partial charge in [-0.15, -0.1) is 0 Å². The standard InChI is InChI=1S/C14H15N3O4/c1-9(14(18)19)6-8-16-12-5-4-11-10(3-2-7-15-11)13(12)17(20)21/h2-5,7,9,16H,6,8H2,1H3,(H,18,19).